The van der Waals surface area contributed by atoms with Gasteiger partial charge in [-0.1, -0.05) is 6.58 Å². The molecule has 0 saturated heterocycles. The average Bonchev–Trinajstić information content (AvgIpc) is 1.62. The Hall–Kier alpha value is -1.00. The monoisotopic (exact) mass is 139 g/mol. The number of hydrogen-bond acceptors (Lipinski definition) is 2. The molecule has 0 amide bonds. The van der Waals surface area contributed by atoms with Crippen LogP contribution < -0.4 is 0 Å². The standard InChI is InChI=1S/C4H4F3NO/c1-2-3(8)9-4(5,6)7/h2,8H,1H2. The highest BCUT2D eigenvalue weighted by atomic mass is 19.4. The topological polar surface area (TPSA) is 33.1 Å². The maximum absolute atomic E-state index is 11.1. The molecule has 0 spiro atoms. The van der Waals surface area contributed by atoms with E-state index in [-0.39, 0.29) is 0 Å². The van der Waals surface area contributed by atoms with Gasteiger partial charge in [0.15, 0.2) is 0 Å². The quantitative estimate of drug-likeness (QED) is 0.435. The summed E-state index contributed by atoms with van der Waals surface area (Å²) in [5, 5.41) is 6.33. The fraction of sp³-hybridized carbons (Fsp3) is 0.250. The number of hydrogen-bond donors (Lipinski definition) is 1. The molecule has 0 rings (SSSR count). The van der Waals surface area contributed by atoms with Crippen molar-refractivity contribution in [2.75, 3.05) is 0 Å². The Balaban J connectivity index is 3.74. The molecule has 0 aliphatic rings. The first kappa shape index (κ1) is 8.00. The van der Waals surface area contributed by atoms with E-state index < -0.39 is 12.3 Å². The Bertz CT molecular complexity index is 128. The van der Waals surface area contributed by atoms with Crippen LogP contribution >= 0.6 is 0 Å². The maximum atomic E-state index is 11.1. The predicted octanol–water partition coefficient (Wildman–Crippen LogP) is 1.69. The van der Waals surface area contributed by atoms with E-state index in [1.807, 2.05) is 0 Å². The van der Waals surface area contributed by atoms with E-state index in [2.05, 4.69) is 11.3 Å². The first-order chi connectivity index (χ1) is 3.95. The van der Waals surface area contributed by atoms with E-state index in [4.69, 9.17) is 5.41 Å². The van der Waals surface area contributed by atoms with E-state index in [9.17, 15) is 13.2 Å². The van der Waals surface area contributed by atoms with Crippen molar-refractivity contribution >= 4 is 5.90 Å². The third-order valence-corrected chi connectivity index (χ3v) is 0.411. The molecule has 5 heteroatoms. The molecule has 0 unspecified atom stereocenters. The molecule has 0 aliphatic carbocycles. The number of nitrogens with one attached hydrogen (secondary N) is 1. The van der Waals surface area contributed by atoms with Crippen molar-refractivity contribution < 1.29 is 17.9 Å². The van der Waals surface area contributed by atoms with Gasteiger partial charge in [0.2, 0.25) is 5.90 Å². The molecule has 2 nitrogen and oxygen atoms in total. The molecule has 0 heterocycles. The highest BCUT2D eigenvalue weighted by Gasteiger charge is 2.31. The zero-order valence-electron chi connectivity index (χ0n) is 4.33. The van der Waals surface area contributed by atoms with Crippen LogP contribution in [0.2, 0.25) is 0 Å². The van der Waals surface area contributed by atoms with Crippen molar-refractivity contribution in [2.24, 2.45) is 0 Å². The molecule has 52 valence electrons. The van der Waals surface area contributed by atoms with Crippen LogP contribution in [0.25, 0.3) is 0 Å². The fourth-order valence-electron chi connectivity index (χ4n) is 0.166. The van der Waals surface area contributed by atoms with Gasteiger partial charge in [0.1, 0.15) is 0 Å². The summed E-state index contributed by atoms with van der Waals surface area (Å²) in [7, 11) is 0. The highest BCUT2D eigenvalue weighted by Crippen LogP contribution is 2.16. The first-order valence-corrected chi connectivity index (χ1v) is 1.92. The van der Waals surface area contributed by atoms with Crippen molar-refractivity contribution in [1.82, 2.24) is 0 Å². The second kappa shape index (κ2) is 2.52. The van der Waals surface area contributed by atoms with Crippen LogP contribution in [-0.4, -0.2) is 12.3 Å². The van der Waals surface area contributed by atoms with Crippen molar-refractivity contribution in [3.63, 3.8) is 0 Å². The fourth-order valence-corrected chi connectivity index (χ4v) is 0.166. The summed E-state index contributed by atoms with van der Waals surface area (Å²) in [6.07, 6.45) is -4.11. The van der Waals surface area contributed by atoms with Gasteiger partial charge in [-0.2, -0.15) is 0 Å². The van der Waals surface area contributed by atoms with Crippen molar-refractivity contribution in [1.29, 1.82) is 5.41 Å². The van der Waals surface area contributed by atoms with E-state index in [0.29, 0.717) is 6.08 Å². The van der Waals surface area contributed by atoms with Crippen LogP contribution in [0.1, 0.15) is 0 Å². The molecular formula is C4H4F3NO. The Morgan fingerprint density at radius 1 is 1.56 bits per heavy atom. The lowest BCUT2D eigenvalue weighted by atomic mass is 10.6. The maximum Gasteiger partial charge on any atom is 0.574 e. The number of rotatable bonds is 1. The summed E-state index contributed by atoms with van der Waals surface area (Å²) in [4.78, 5) is 0. The van der Waals surface area contributed by atoms with Gasteiger partial charge in [-0.15, -0.1) is 13.2 Å². The Labute approximate surface area is 49.4 Å². The normalized spacial score (nSPS) is 10.6. The lowest BCUT2D eigenvalue weighted by Crippen LogP contribution is -2.16. The van der Waals surface area contributed by atoms with Crippen molar-refractivity contribution in [3.8, 4) is 0 Å². The van der Waals surface area contributed by atoms with Gasteiger partial charge in [0, 0.05) is 0 Å². The van der Waals surface area contributed by atoms with Gasteiger partial charge < -0.3 is 4.74 Å². The minimum absolute atomic E-state index is 0.660. The van der Waals surface area contributed by atoms with Crippen LogP contribution in [-0.2, 0) is 4.74 Å². The van der Waals surface area contributed by atoms with Crippen LogP contribution in [0.4, 0.5) is 13.2 Å². The van der Waals surface area contributed by atoms with Crippen LogP contribution in [0.3, 0.4) is 0 Å². The Morgan fingerprint density at radius 3 is 2.11 bits per heavy atom. The third kappa shape index (κ3) is 4.86. The van der Waals surface area contributed by atoms with E-state index >= 15 is 0 Å². The zero-order valence-corrected chi connectivity index (χ0v) is 4.33. The SMILES string of the molecule is C=CC(=N)OC(F)(F)F. The molecule has 9 heavy (non-hydrogen) atoms. The number of ether oxygens (including phenoxy) is 1. The summed E-state index contributed by atoms with van der Waals surface area (Å²) in [6.45, 7) is 2.90. The average molecular weight is 139 g/mol. The lowest BCUT2D eigenvalue weighted by molar-refractivity contribution is -0.283. The second-order valence-electron chi connectivity index (χ2n) is 1.12. The molecule has 0 fully saturated rings. The van der Waals surface area contributed by atoms with Gasteiger partial charge in [-0.25, -0.2) is 0 Å². The molecule has 0 aromatic carbocycles. The number of alkyl halides is 3. The largest absolute Gasteiger partial charge is 0.574 e. The molecule has 0 aromatic rings. The van der Waals surface area contributed by atoms with Crippen LogP contribution in [0, 0.1) is 5.41 Å². The van der Waals surface area contributed by atoms with Crippen LogP contribution in [0.5, 0.6) is 0 Å². The molecule has 0 bridgehead atoms. The van der Waals surface area contributed by atoms with Gasteiger partial charge in [-0.3, -0.25) is 5.41 Å². The molecule has 1 N–H and O–H groups in total. The van der Waals surface area contributed by atoms with Crippen LogP contribution in [0.15, 0.2) is 12.7 Å². The minimum Gasteiger partial charge on any atom is -0.389 e. The van der Waals surface area contributed by atoms with E-state index in [0.717, 1.165) is 0 Å². The second-order valence-corrected chi connectivity index (χ2v) is 1.12. The summed E-state index contributed by atoms with van der Waals surface area (Å²) >= 11 is 0. The van der Waals surface area contributed by atoms with Crippen molar-refractivity contribution in [3.05, 3.63) is 12.7 Å². The molecule has 0 atom stereocenters. The van der Waals surface area contributed by atoms with Gasteiger partial charge in [0.05, 0.1) is 0 Å². The lowest BCUT2D eigenvalue weighted by Gasteiger charge is -2.04. The zero-order chi connectivity index (χ0) is 7.49. The summed E-state index contributed by atoms with van der Waals surface area (Å²) in [5.41, 5.74) is 0. The highest BCUT2D eigenvalue weighted by molar-refractivity contribution is 5.84. The van der Waals surface area contributed by atoms with Crippen molar-refractivity contribution in [2.45, 2.75) is 6.36 Å². The van der Waals surface area contributed by atoms with Gasteiger partial charge >= 0.3 is 6.36 Å². The van der Waals surface area contributed by atoms with E-state index in [1.165, 1.54) is 0 Å². The smallest absolute Gasteiger partial charge is 0.389 e. The molecule has 0 aliphatic heterocycles. The predicted molar refractivity (Wildman–Crippen MR) is 25.1 cm³/mol. The minimum atomic E-state index is -4.77. The van der Waals surface area contributed by atoms with Gasteiger partial charge in [-0.05, 0) is 6.08 Å². The Morgan fingerprint density at radius 2 is 2.00 bits per heavy atom. The number of halogens is 3. The molecule has 0 aromatic heterocycles. The van der Waals surface area contributed by atoms with E-state index in [1.54, 1.807) is 0 Å². The summed E-state index contributed by atoms with van der Waals surface area (Å²) in [5.74, 6) is -0.998. The summed E-state index contributed by atoms with van der Waals surface area (Å²) < 4.78 is 36.3. The Kier molecular flexibility index (Phi) is 2.24. The third-order valence-electron chi connectivity index (χ3n) is 0.411. The molecule has 0 radical (unpaired) electrons. The molecule has 0 saturated carbocycles. The van der Waals surface area contributed by atoms with Gasteiger partial charge in [0.25, 0.3) is 0 Å². The summed E-state index contributed by atoms with van der Waals surface area (Å²) in [6, 6.07) is 0. The first-order valence-electron chi connectivity index (χ1n) is 1.92. The molecular weight excluding hydrogens is 135 g/mol.